The molecule has 0 spiro atoms. The average molecular weight is 236 g/mol. The molecule has 0 atom stereocenters. The van der Waals surface area contributed by atoms with E-state index in [9.17, 15) is 5.11 Å². The zero-order valence-electron chi connectivity index (χ0n) is 9.76. The van der Waals surface area contributed by atoms with Crippen LogP contribution in [0.5, 0.6) is 11.5 Å². The summed E-state index contributed by atoms with van der Waals surface area (Å²) in [6, 6.07) is 14.9. The Morgan fingerprint density at radius 1 is 1.00 bits per heavy atom. The molecule has 88 valence electrons. The molecule has 0 bridgehead atoms. The highest BCUT2D eigenvalue weighted by molar-refractivity contribution is 5.87. The second kappa shape index (κ2) is 4.08. The van der Waals surface area contributed by atoms with Gasteiger partial charge in [0.25, 0.3) is 0 Å². The van der Waals surface area contributed by atoms with Crippen molar-refractivity contribution in [2.45, 2.75) is 0 Å². The van der Waals surface area contributed by atoms with Gasteiger partial charge in [-0.1, -0.05) is 36.9 Å². The lowest BCUT2D eigenvalue weighted by Crippen LogP contribution is -2.02. The molecule has 0 aliphatic carbocycles. The Morgan fingerprint density at radius 3 is 2.56 bits per heavy atom. The Morgan fingerprint density at radius 2 is 1.78 bits per heavy atom. The molecule has 18 heavy (non-hydrogen) atoms. The summed E-state index contributed by atoms with van der Waals surface area (Å²) >= 11 is 0. The quantitative estimate of drug-likeness (QED) is 0.815. The molecule has 2 aromatic rings. The normalized spacial score (nSPS) is 13.6. The molecule has 2 heteroatoms. The first-order chi connectivity index (χ1) is 8.74. The third-order valence-electron chi connectivity index (χ3n) is 2.89. The van der Waals surface area contributed by atoms with Crippen LogP contribution in [0.15, 0.2) is 61.2 Å². The van der Waals surface area contributed by atoms with Crippen LogP contribution in [0, 0.1) is 0 Å². The zero-order chi connectivity index (χ0) is 12.5. The van der Waals surface area contributed by atoms with Gasteiger partial charge >= 0.3 is 0 Å². The highest BCUT2D eigenvalue weighted by Crippen LogP contribution is 2.37. The van der Waals surface area contributed by atoms with Gasteiger partial charge in [-0.25, -0.2) is 0 Å². The monoisotopic (exact) mass is 236 g/mol. The van der Waals surface area contributed by atoms with Gasteiger partial charge in [-0.3, -0.25) is 0 Å². The third-order valence-corrected chi connectivity index (χ3v) is 2.89. The number of hydrogen-bond donors (Lipinski definition) is 1. The van der Waals surface area contributed by atoms with E-state index in [-0.39, 0.29) is 5.75 Å². The summed E-state index contributed by atoms with van der Waals surface area (Å²) in [5.74, 6) is 1.72. The van der Waals surface area contributed by atoms with Crippen molar-refractivity contribution in [1.82, 2.24) is 0 Å². The van der Waals surface area contributed by atoms with Crippen molar-refractivity contribution in [2.24, 2.45) is 0 Å². The smallest absolute Gasteiger partial charge is 0.135 e. The van der Waals surface area contributed by atoms with E-state index in [0.29, 0.717) is 0 Å². The number of hydrogen-bond acceptors (Lipinski definition) is 2. The topological polar surface area (TPSA) is 29.5 Å². The third kappa shape index (κ3) is 1.78. The number of allylic oxidation sites excluding steroid dienone is 2. The Hall–Kier alpha value is -2.48. The van der Waals surface area contributed by atoms with E-state index >= 15 is 0 Å². The van der Waals surface area contributed by atoms with Crippen molar-refractivity contribution in [2.75, 3.05) is 0 Å². The van der Waals surface area contributed by atoms with Crippen molar-refractivity contribution in [3.8, 4) is 11.5 Å². The van der Waals surface area contributed by atoms with Crippen LogP contribution in [0.3, 0.4) is 0 Å². The predicted molar refractivity (Wildman–Crippen MR) is 72.2 cm³/mol. The van der Waals surface area contributed by atoms with Crippen LogP contribution in [0.4, 0.5) is 0 Å². The van der Waals surface area contributed by atoms with Gasteiger partial charge in [-0.2, -0.15) is 0 Å². The van der Waals surface area contributed by atoms with Crippen LogP contribution in [0.2, 0.25) is 0 Å². The van der Waals surface area contributed by atoms with E-state index in [1.54, 1.807) is 18.2 Å². The van der Waals surface area contributed by atoms with Gasteiger partial charge in [0.2, 0.25) is 0 Å². The maximum atomic E-state index is 9.47. The molecule has 1 N–H and O–H groups in total. The Kier molecular flexibility index (Phi) is 2.41. The summed E-state index contributed by atoms with van der Waals surface area (Å²) < 4.78 is 5.83. The Bertz CT molecular complexity index is 639. The van der Waals surface area contributed by atoms with E-state index < -0.39 is 0 Å². The van der Waals surface area contributed by atoms with Crippen molar-refractivity contribution in [3.63, 3.8) is 0 Å². The summed E-state index contributed by atoms with van der Waals surface area (Å²) in [5, 5.41) is 9.47. The fourth-order valence-corrected chi connectivity index (χ4v) is 1.99. The average Bonchev–Trinajstić information content (AvgIpc) is 2.40. The zero-order valence-corrected chi connectivity index (χ0v) is 9.76. The maximum Gasteiger partial charge on any atom is 0.135 e. The molecule has 0 radical (unpaired) electrons. The van der Waals surface area contributed by atoms with E-state index in [1.807, 2.05) is 36.4 Å². The summed E-state index contributed by atoms with van der Waals surface area (Å²) in [6.07, 6.45) is 1.89. The number of ether oxygens (including phenoxy) is 1. The van der Waals surface area contributed by atoms with Crippen LogP contribution < -0.4 is 4.74 Å². The van der Waals surface area contributed by atoms with Crippen molar-refractivity contribution in [1.29, 1.82) is 0 Å². The second-order valence-corrected chi connectivity index (χ2v) is 4.18. The summed E-state index contributed by atoms with van der Waals surface area (Å²) in [4.78, 5) is 0. The molecular weight excluding hydrogens is 224 g/mol. The number of phenols is 1. The second-order valence-electron chi connectivity index (χ2n) is 4.18. The van der Waals surface area contributed by atoms with Gasteiger partial charge < -0.3 is 9.84 Å². The van der Waals surface area contributed by atoms with Gasteiger partial charge in [0.1, 0.15) is 17.3 Å². The van der Waals surface area contributed by atoms with E-state index in [1.165, 1.54) is 0 Å². The molecule has 0 saturated carbocycles. The minimum Gasteiger partial charge on any atom is -0.508 e. The fraction of sp³-hybridized carbons (Fsp3) is 0. The van der Waals surface area contributed by atoms with Crippen molar-refractivity contribution in [3.05, 3.63) is 72.3 Å². The van der Waals surface area contributed by atoms with Gasteiger partial charge in [0.15, 0.2) is 0 Å². The predicted octanol–water partition coefficient (Wildman–Crippen LogP) is 3.84. The van der Waals surface area contributed by atoms with Crippen molar-refractivity contribution >= 4 is 11.3 Å². The minimum atomic E-state index is 0.218. The standard InChI is InChI=1S/C16H12O2/c1-11-9-16(12-5-3-2-4-6-12)18-15-8-7-13(17)10-14(11)15/h2-10,17H,1H2. The summed E-state index contributed by atoms with van der Waals surface area (Å²) in [7, 11) is 0. The first kappa shape index (κ1) is 10.7. The number of phenolic OH excluding ortho intramolecular Hbond substituents is 1. The number of benzene rings is 2. The van der Waals surface area contributed by atoms with Gasteiger partial charge in [-0.15, -0.1) is 0 Å². The molecule has 1 heterocycles. The SMILES string of the molecule is C=C1C=C(c2ccccc2)Oc2ccc(O)cc21. The largest absolute Gasteiger partial charge is 0.508 e. The lowest BCUT2D eigenvalue weighted by Gasteiger charge is -2.20. The van der Waals surface area contributed by atoms with E-state index in [0.717, 1.165) is 28.2 Å². The molecular formula is C16H12O2. The van der Waals surface area contributed by atoms with E-state index in [2.05, 4.69) is 6.58 Å². The molecule has 1 aliphatic rings. The Labute approximate surface area is 105 Å². The Balaban J connectivity index is 2.05. The maximum absolute atomic E-state index is 9.47. The van der Waals surface area contributed by atoms with Crippen LogP contribution in [0.1, 0.15) is 11.1 Å². The highest BCUT2D eigenvalue weighted by Gasteiger charge is 2.16. The summed E-state index contributed by atoms with van der Waals surface area (Å²) in [5.41, 5.74) is 2.68. The van der Waals surface area contributed by atoms with Gasteiger partial charge in [0.05, 0.1) is 0 Å². The highest BCUT2D eigenvalue weighted by atomic mass is 16.5. The first-order valence-electron chi connectivity index (χ1n) is 5.71. The molecule has 2 aromatic carbocycles. The molecule has 0 fully saturated rings. The van der Waals surface area contributed by atoms with Gasteiger partial charge in [-0.05, 0) is 29.8 Å². The number of rotatable bonds is 1. The molecule has 0 aromatic heterocycles. The van der Waals surface area contributed by atoms with Crippen LogP contribution in [-0.2, 0) is 0 Å². The lowest BCUT2D eigenvalue weighted by molar-refractivity contribution is 0.469. The van der Waals surface area contributed by atoms with Crippen LogP contribution in [-0.4, -0.2) is 5.11 Å². The molecule has 0 saturated heterocycles. The lowest BCUT2D eigenvalue weighted by atomic mass is 10.0. The van der Waals surface area contributed by atoms with Crippen molar-refractivity contribution < 1.29 is 9.84 Å². The van der Waals surface area contributed by atoms with Crippen LogP contribution in [0.25, 0.3) is 11.3 Å². The summed E-state index contributed by atoms with van der Waals surface area (Å²) in [6.45, 7) is 4.00. The molecule has 3 rings (SSSR count). The van der Waals surface area contributed by atoms with Crippen LogP contribution >= 0.6 is 0 Å². The minimum absolute atomic E-state index is 0.218. The van der Waals surface area contributed by atoms with E-state index in [4.69, 9.17) is 4.74 Å². The molecule has 2 nitrogen and oxygen atoms in total. The first-order valence-corrected chi connectivity index (χ1v) is 5.71. The molecule has 0 unspecified atom stereocenters. The fourth-order valence-electron chi connectivity index (χ4n) is 1.99. The van der Waals surface area contributed by atoms with Gasteiger partial charge in [0, 0.05) is 11.1 Å². The number of aromatic hydroxyl groups is 1. The number of fused-ring (bicyclic) bond motifs is 1. The molecule has 0 amide bonds. The molecule has 1 aliphatic heterocycles.